The fraction of sp³-hybridized carbons (Fsp3) is 0.235. The molecule has 114 valence electrons. The van der Waals surface area contributed by atoms with Crippen molar-refractivity contribution in [2.45, 2.75) is 13.8 Å². The number of pyridine rings is 1. The van der Waals surface area contributed by atoms with Crippen molar-refractivity contribution < 1.29 is 14.3 Å². The summed E-state index contributed by atoms with van der Waals surface area (Å²) in [4.78, 5) is 27.0. The van der Waals surface area contributed by atoms with Crippen molar-refractivity contribution in [2.75, 3.05) is 19.0 Å². The maximum Gasteiger partial charge on any atom is 0.337 e. The van der Waals surface area contributed by atoms with Crippen molar-refractivity contribution in [2.24, 2.45) is 0 Å². The van der Waals surface area contributed by atoms with Crippen molar-refractivity contribution in [3.8, 4) is 11.1 Å². The van der Waals surface area contributed by atoms with E-state index in [0.29, 0.717) is 5.56 Å². The van der Waals surface area contributed by atoms with Gasteiger partial charge in [-0.1, -0.05) is 12.1 Å². The molecular weight excluding hydrogens is 280 g/mol. The Balaban J connectivity index is 2.38. The van der Waals surface area contributed by atoms with Crippen molar-refractivity contribution in [1.29, 1.82) is 0 Å². The van der Waals surface area contributed by atoms with Crippen LogP contribution in [0.4, 0.5) is 5.69 Å². The van der Waals surface area contributed by atoms with Crippen LogP contribution in [0.25, 0.3) is 11.1 Å². The van der Waals surface area contributed by atoms with Crippen LogP contribution in [0.5, 0.6) is 0 Å². The fourth-order valence-corrected chi connectivity index (χ4v) is 2.19. The lowest BCUT2D eigenvalue weighted by Gasteiger charge is -2.13. The second-order valence-electron chi connectivity index (χ2n) is 4.94. The summed E-state index contributed by atoms with van der Waals surface area (Å²) in [7, 11) is 1.35. The Bertz CT molecular complexity index is 694. The zero-order valence-corrected chi connectivity index (χ0v) is 12.8. The highest BCUT2D eigenvalue weighted by atomic mass is 16.5. The van der Waals surface area contributed by atoms with Crippen LogP contribution in [0, 0.1) is 6.92 Å². The van der Waals surface area contributed by atoms with E-state index < -0.39 is 0 Å². The average Bonchev–Trinajstić information content (AvgIpc) is 2.52. The first kappa shape index (κ1) is 15.7. The Kier molecular flexibility index (Phi) is 4.88. The van der Waals surface area contributed by atoms with Gasteiger partial charge >= 0.3 is 5.97 Å². The number of carbonyl (C=O) groups excluding carboxylic acids is 2. The predicted molar refractivity (Wildman–Crippen MR) is 84.9 cm³/mol. The van der Waals surface area contributed by atoms with Crippen LogP contribution in [-0.4, -0.2) is 30.4 Å². The van der Waals surface area contributed by atoms with Crippen molar-refractivity contribution in [1.82, 2.24) is 4.98 Å². The van der Waals surface area contributed by atoms with Crippen LogP contribution in [-0.2, 0) is 9.53 Å². The summed E-state index contributed by atoms with van der Waals surface area (Å²) in [6, 6.07) is 8.94. The quantitative estimate of drug-likeness (QED) is 0.860. The van der Waals surface area contributed by atoms with E-state index in [4.69, 9.17) is 4.74 Å². The summed E-state index contributed by atoms with van der Waals surface area (Å²) in [6.07, 6.45) is 1.70. The minimum atomic E-state index is -0.371. The number of rotatable bonds is 5. The van der Waals surface area contributed by atoms with Gasteiger partial charge in [-0.15, -0.1) is 0 Å². The van der Waals surface area contributed by atoms with Crippen LogP contribution >= 0.6 is 0 Å². The Morgan fingerprint density at radius 2 is 1.86 bits per heavy atom. The van der Waals surface area contributed by atoms with E-state index in [1.165, 1.54) is 14.0 Å². The number of aryl methyl sites for hydroxylation is 1. The molecule has 0 amide bonds. The molecule has 2 aromatic rings. The number of anilines is 1. The Morgan fingerprint density at radius 1 is 1.18 bits per heavy atom. The summed E-state index contributed by atoms with van der Waals surface area (Å²) >= 11 is 0. The van der Waals surface area contributed by atoms with E-state index in [1.54, 1.807) is 18.3 Å². The predicted octanol–water partition coefficient (Wildman–Crippen LogP) is 2.84. The third kappa shape index (κ3) is 3.49. The molecule has 5 nitrogen and oxygen atoms in total. The maximum atomic E-state index is 11.5. The standard InChI is InChI=1S/C17H18N2O3/c1-11(20)10-19-15-8-9-18-12(2)16(15)13-4-6-14(7-5-13)17(21)22-3/h4-9H,10H2,1-3H3,(H,18,19). The molecule has 0 fully saturated rings. The fourth-order valence-electron chi connectivity index (χ4n) is 2.19. The lowest BCUT2D eigenvalue weighted by atomic mass is 10.0. The Hall–Kier alpha value is -2.69. The van der Waals surface area contributed by atoms with Crippen LogP contribution < -0.4 is 5.32 Å². The Morgan fingerprint density at radius 3 is 2.45 bits per heavy atom. The van der Waals surface area contributed by atoms with Gasteiger partial charge in [0.2, 0.25) is 0 Å². The van der Waals surface area contributed by atoms with Gasteiger partial charge in [-0.3, -0.25) is 9.78 Å². The highest BCUT2D eigenvalue weighted by Gasteiger charge is 2.11. The van der Waals surface area contributed by atoms with E-state index in [2.05, 4.69) is 10.3 Å². The molecule has 0 aliphatic heterocycles. The number of carbonyl (C=O) groups is 2. The SMILES string of the molecule is COC(=O)c1ccc(-c2c(NCC(C)=O)ccnc2C)cc1. The topological polar surface area (TPSA) is 68.3 Å². The first-order valence-electron chi connectivity index (χ1n) is 6.90. The second-order valence-corrected chi connectivity index (χ2v) is 4.94. The minimum absolute atomic E-state index is 0.0569. The highest BCUT2D eigenvalue weighted by molar-refractivity contribution is 5.91. The smallest absolute Gasteiger partial charge is 0.337 e. The monoisotopic (exact) mass is 298 g/mol. The number of hydrogen-bond acceptors (Lipinski definition) is 5. The van der Waals surface area contributed by atoms with Crippen molar-refractivity contribution >= 4 is 17.4 Å². The molecule has 1 aromatic heterocycles. The van der Waals surface area contributed by atoms with E-state index in [9.17, 15) is 9.59 Å². The highest BCUT2D eigenvalue weighted by Crippen LogP contribution is 2.30. The summed E-state index contributed by atoms with van der Waals surface area (Å²) in [6.45, 7) is 3.70. The van der Waals surface area contributed by atoms with Crippen molar-refractivity contribution in [3.63, 3.8) is 0 Å². The number of benzene rings is 1. The van der Waals surface area contributed by atoms with Gasteiger partial charge in [-0.05, 0) is 37.6 Å². The number of methoxy groups -OCH3 is 1. The molecule has 0 saturated carbocycles. The molecule has 0 aliphatic rings. The Labute approximate surface area is 129 Å². The summed E-state index contributed by atoms with van der Waals surface area (Å²) in [5.74, 6) is -0.314. The van der Waals surface area contributed by atoms with E-state index >= 15 is 0 Å². The van der Waals surface area contributed by atoms with Gasteiger partial charge in [0, 0.05) is 23.1 Å². The third-order valence-electron chi connectivity index (χ3n) is 3.26. The van der Waals surface area contributed by atoms with E-state index in [-0.39, 0.29) is 18.3 Å². The number of nitrogens with zero attached hydrogens (tertiary/aromatic N) is 1. The minimum Gasteiger partial charge on any atom is -0.465 e. The van der Waals surface area contributed by atoms with Gasteiger partial charge in [-0.2, -0.15) is 0 Å². The zero-order chi connectivity index (χ0) is 16.1. The number of ether oxygens (including phenoxy) is 1. The molecule has 2 rings (SSSR count). The van der Waals surface area contributed by atoms with Gasteiger partial charge in [0.05, 0.1) is 19.2 Å². The maximum absolute atomic E-state index is 11.5. The average molecular weight is 298 g/mol. The molecule has 1 N–H and O–H groups in total. The van der Waals surface area contributed by atoms with Crippen LogP contribution in [0.1, 0.15) is 23.0 Å². The molecule has 22 heavy (non-hydrogen) atoms. The molecular formula is C17H18N2O3. The van der Waals surface area contributed by atoms with E-state index in [0.717, 1.165) is 22.5 Å². The number of aromatic nitrogens is 1. The molecule has 0 atom stereocenters. The molecule has 1 aromatic carbocycles. The molecule has 0 spiro atoms. The number of esters is 1. The molecule has 5 heteroatoms. The first-order chi connectivity index (χ1) is 10.5. The second kappa shape index (κ2) is 6.85. The zero-order valence-electron chi connectivity index (χ0n) is 12.8. The van der Waals surface area contributed by atoms with Gasteiger partial charge in [0.25, 0.3) is 0 Å². The van der Waals surface area contributed by atoms with Gasteiger partial charge in [0.1, 0.15) is 5.78 Å². The molecule has 0 radical (unpaired) electrons. The van der Waals surface area contributed by atoms with Crippen LogP contribution in [0.3, 0.4) is 0 Å². The summed E-state index contributed by atoms with van der Waals surface area (Å²) in [5.41, 5.74) is 4.02. The van der Waals surface area contributed by atoms with Crippen molar-refractivity contribution in [3.05, 3.63) is 47.8 Å². The molecule has 0 unspecified atom stereocenters. The first-order valence-corrected chi connectivity index (χ1v) is 6.90. The van der Waals surface area contributed by atoms with E-state index in [1.807, 2.05) is 25.1 Å². The molecule has 1 heterocycles. The normalized spacial score (nSPS) is 10.1. The number of Topliss-reactive ketones (excluding diaryl/α,β-unsaturated/α-hetero) is 1. The largest absolute Gasteiger partial charge is 0.465 e. The summed E-state index contributed by atoms with van der Waals surface area (Å²) < 4.78 is 4.69. The van der Waals surface area contributed by atoms with Crippen LogP contribution in [0.2, 0.25) is 0 Å². The molecule has 0 saturated heterocycles. The van der Waals surface area contributed by atoms with Gasteiger partial charge in [-0.25, -0.2) is 4.79 Å². The number of nitrogens with one attached hydrogen (secondary N) is 1. The third-order valence-corrected chi connectivity index (χ3v) is 3.26. The lowest BCUT2D eigenvalue weighted by molar-refractivity contribution is -0.115. The number of ketones is 1. The molecule has 0 bridgehead atoms. The van der Waals surface area contributed by atoms with Crippen LogP contribution in [0.15, 0.2) is 36.5 Å². The summed E-state index contributed by atoms with van der Waals surface area (Å²) in [5, 5.41) is 3.12. The van der Waals surface area contributed by atoms with Gasteiger partial charge < -0.3 is 10.1 Å². The molecule has 0 aliphatic carbocycles. The number of hydrogen-bond donors (Lipinski definition) is 1. The van der Waals surface area contributed by atoms with Gasteiger partial charge in [0.15, 0.2) is 0 Å². The lowest BCUT2D eigenvalue weighted by Crippen LogP contribution is -2.11.